The number of carbonyl (C=O) groups excluding carboxylic acids is 3. The number of hydrogen-bond donors (Lipinski definition) is 3. The van der Waals surface area contributed by atoms with Crippen molar-refractivity contribution >= 4 is 29.2 Å². The third-order valence-electron chi connectivity index (χ3n) is 10.0. The van der Waals surface area contributed by atoms with Gasteiger partial charge in [-0.2, -0.15) is 0 Å². The van der Waals surface area contributed by atoms with Crippen LogP contribution in [0.2, 0.25) is 0 Å². The number of piperidine rings is 1. The molecule has 0 aliphatic carbocycles. The molecule has 3 amide bonds. The zero-order valence-corrected chi connectivity index (χ0v) is 27.3. The fourth-order valence-corrected chi connectivity index (χ4v) is 7.33. The molecule has 3 aliphatic rings. The third kappa shape index (κ3) is 6.58. The predicted octanol–water partition coefficient (Wildman–Crippen LogP) is 3.97. The van der Waals surface area contributed by atoms with Crippen LogP contribution < -0.4 is 26.2 Å². The molecular weight excluding hydrogens is 578 g/mol. The molecule has 0 radical (unpaired) electrons. The predicted molar refractivity (Wildman–Crippen MR) is 180 cm³/mol. The Kier molecular flexibility index (Phi) is 8.99. The normalized spacial score (nSPS) is 22.0. The Balaban J connectivity index is 1.04. The third-order valence-corrected chi connectivity index (χ3v) is 10.0. The van der Waals surface area contributed by atoms with Crippen LogP contribution in [0.25, 0.3) is 0 Å². The van der Waals surface area contributed by atoms with Crippen molar-refractivity contribution in [2.75, 3.05) is 43.0 Å². The maximum Gasteiger partial charge on any atom is 0.253 e. The van der Waals surface area contributed by atoms with E-state index in [9.17, 15) is 14.4 Å². The number of anilines is 2. The number of aromatic nitrogens is 1. The Hall–Kier alpha value is -4.44. The van der Waals surface area contributed by atoms with Crippen LogP contribution >= 0.6 is 0 Å². The van der Waals surface area contributed by atoms with Crippen molar-refractivity contribution in [2.24, 2.45) is 5.73 Å². The number of piperazine rings is 1. The SMILES string of the molecule is Cc1cc(C(=O)NC2CC3CCC(C2)N3c2ccc(C(=O)N[C@@H](C)c3ccc(N4CCN(C)CC4)cc3)cn2)c(C)cc1C(N)=O. The number of carbonyl (C=O) groups is 3. The molecule has 3 aliphatic heterocycles. The first-order valence-electron chi connectivity index (χ1n) is 16.4. The average molecular weight is 624 g/mol. The summed E-state index contributed by atoms with van der Waals surface area (Å²) in [7, 11) is 2.16. The minimum atomic E-state index is -0.490. The molecule has 4 N–H and O–H groups in total. The monoisotopic (exact) mass is 623 g/mol. The van der Waals surface area contributed by atoms with E-state index in [0.717, 1.165) is 68.8 Å². The molecule has 2 unspecified atom stereocenters. The van der Waals surface area contributed by atoms with E-state index in [1.54, 1.807) is 25.3 Å². The van der Waals surface area contributed by atoms with Gasteiger partial charge in [0.15, 0.2) is 0 Å². The molecule has 3 aromatic rings. The van der Waals surface area contributed by atoms with E-state index in [1.165, 1.54) is 5.69 Å². The van der Waals surface area contributed by atoms with Gasteiger partial charge in [-0.1, -0.05) is 12.1 Å². The molecule has 0 saturated carbocycles. The van der Waals surface area contributed by atoms with Gasteiger partial charge in [0.2, 0.25) is 5.91 Å². The van der Waals surface area contributed by atoms with Gasteiger partial charge < -0.3 is 31.1 Å². The number of pyridine rings is 1. The maximum absolute atomic E-state index is 13.2. The van der Waals surface area contributed by atoms with Crippen LogP contribution in [0.15, 0.2) is 54.7 Å². The summed E-state index contributed by atoms with van der Waals surface area (Å²) in [5, 5.41) is 6.37. The molecule has 10 nitrogen and oxygen atoms in total. The molecular formula is C36H45N7O3. The van der Waals surface area contributed by atoms with E-state index < -0.39 is 5.91 Å². The number of nitrogens with zero attached hydrogens (tertiary/aromatic N) is 4. The van der Waals surface area contributed by atoms with Gasteiger partial charge in [0.05, 0.1) is 11.6 Å². The standard InChI is InChI=1S/C36H45N7O3/c1-22-18-32(23(2)17-31(22)34(37)44)36(46)40-27-19-29-10-11-30(20-27)43(29)33-12-7-26(21-38-33)35(45)39-24(3)25-5-8-28(9-6-25)42-15-13-41(4)14-16-42/h5-9,12,17-18,21,24,27,29-30H,10-11,13-16,19-20H2,1-4H3,(H2,37,44)(H,39,45)(H,40,46)/t24-,27?,29?,30?/m0/s1. The van der Waals surface area contributed by atoms with Crippen LogP contribution in [0, 0.1) is 13.8 Å². The van der Waals surface area contributed by atoms with Crippen LogP contribution in [-0.4, -0.2) is 79.0 Å². The number of likely N-dealkylation sites (N-methyl/N-ethyl adjacent to an activating group) is 1. The topological polar surface area (TPSA) is 124 Å². The highest BCUT2D eigenvalue weighted by atomic mass is 16.2. The lowest BCUT2D eigenvalue weighted by atomic mass is 9.95. The molecule has 1 aromatic heterocycles. The van der Waals surface area contributed by atoms with E-state index in [0.29, 0.717) is 22.3 Å². The van der Waals surface area contributed by atoms with Gasteiger partial charge in [0, 0.05) is 67.3 Å². The number of hydrogen-bond acceptors (Lipinski definition) is 7. The Morgan fingerprint density at radius 2 is 1.50 bits per heavy atom. The fraction of sp³-hybridized carbons (Fsp3) is 0.444. The van der Waals surface area contributed by atoms with Crippen LogP contribution in [0.3, 0.4) is 0 Å². The minimum absolute atomic E-state index is 0.0546. The van der Waals surface area contributed by atoms with E-state index >= 15 is 0 Å². The Morgan fingerprint density at radius 1 is 0.870 bits per heavy atom. The van der Waals surface area contributed by atoms with Crippen molar-refractivity contribution in [2.45, 2.75) is 70.6 Å². The van der Waals surface area contributed by atoms with E-state index in [4.69, 9.17) is 10.7 Å². The first-order chi connectivity index (χ1) is 22.1. The molecule has 2 aromatic carbocycles. The van der Waals surface area contributed by atoms with Crippen LogP contribution in [0.1, 0.15) is 86.4 Å². The van der Waals surface area contributed by atoms with Crippen LogP contribution in [-0.2, 0) is 0 Å². The summed E-state index contributed by atoms with van der Waals surface area (Å²) in [6, 6.07) is 16.2. The average Bonchev–Trinajstić information content (AvgIpc) is 3.31. The van der Waals surface area contributed by atoms with Crippen LogP contribution in [0.5, 0.6) is 0 Å². The summed E-state index contributed by atoms with van der Waals surface area (Å²) in [4.78, 5) is 49.9. The number of amides is 3. The highest BCUT2D eigenvalue weighted by Crippen LogP contribution is 2.38. The molecule has 3 atom stereocenters. The van der Waals surface area contributed by atoms with Crippen molar-refractivity contribution in [1.82, 2.24) is 20.5 Å². The summed E-state index contributed by atoms with van der Waals surface area (Å²) in [6.07, 6.45) is 5.40. The van der Waals surface area contributed by atoms with Crippen LogP contribution in [0.4, 0.5) is 11.5 Å². The molecule has 3 saturated heterocycles. The van der Waals surface area contributed by atoms with Crippen molar-refractivity contribution in [3.8, 4) is 0 Å². The summed E-state index contributed by atoms with van der Waals surface area (Å²) in [5.74, 6) is 0.113. The smallest absolute Gasteiger partial charge is 0.253 e. The molecule has 6 rings (SSSR count). The Labute approximate surface area is 271 Å². The van der Waals surface area contributed by atoms with Gasteiger partial charge in [-0.05, 0) is 107 Å². The lowest BCUT2D eigenvalue weighted by molar-refractivity contribution is 0.0921. The minimum Gasteiger partial charge on any atom is -0.369 e. The first kappa shape index (κ1) is 31.5. The lowest BCUT2D eigenvalue weighted by Gasteiger charge is -2.40. The molecule has 3 fully saturated rings. The number of aryl methyl sites for hydroxylation is 2. The zero-order valence-electron chi connectivity index (χ0n) is 27.3. The quantitative estimate of drug-likeness (QED) is 0.347. The van der Waals surface area contributed by atoms with Gasteiger partial charge >= 0.3 is 0 Å². The summed E-state index contributed by atoms with van der Waals surface area (Å²) >= 11 is 0. The molecule has 4 heterocycles. The lowest BCUT2D eigenvalue weighted by Crippen LogP contribution is -2.50. The van der Waals surface area contributed by atoms with Crippen molar-refractivity contribution < 1.29 is 14.4 Å². The van der Waals surface area contributed by atoms with Gasteiger partial charge in [-0.25, -0.2) is 4.98 Å². The molecule has 242 valence electrons. The Bertz CT molecular complexity index is 1590. The highest BCUT2D eigenvalue weighted by molar-refractivity contribution is 6.00. The second kappa shape index (κ2) is 13.1. The fourth-order valence-electron chi connectivity index (χ4n) is 7.33. The molecule has 46 heavy (non-hydrogen) atoms. The number of rotatable bonds is 8. The van der Waals surface area contributed by atoms with Gasteiger partial charge in [0.25, 0.3) is 11.8 Å². The van der Waals surface area contributed by atoms with E-state index in [-0.39, 0.29) is 36.0 Å². The van der Waals surface area contributed by atoms with Gasteiger partial charge in [0.1, 0.15) is 5.82 Å². The number of fused-ring (bicyclic) bond motifs is 2. The maximum atomic E-state index is 13.2. The summed E-state index contributed by atoms with van der Waals surface area (Å²) in [6.45, 7) is 9.81. The number of nitrogens with one attached hydrogen (secondary N) is 2. The highest BCUT2D eigenvalue weighted by Gasteiger charge is 2.42. The molecule has 2 bridgehead atoms. The van der Waals surface area contributed by atoms with E-state index in [1.807, 2.05) is 26.0 Å². The largest absolute Gasteiger partial charge is 0.369 e. The van der Waals surface area contributed by atoms with Crippen molar-refractivity contribution in [3.05, 3.63) is 88.1 Å². The van der Waals surface area contributed by atoms with Crippen molar-refractivity contribution in [1.29, 1.82) is 0 Å². The number of benzene rings is 2. The molecule has 0 spiro atoms. The van der Waals surface area contributed by atoms with Crippen molar-refractivity contribution in [3.63, 3.8) is 0 Å². The molecule has 10 heteroatoms. The summed E-state index contributed by atoms with van der Waals surface area (Å²) in [5.41, 5.74) is 10.7. The van der Waals surface area contributed by atoms with Gasteiger partial charge in [-0.3, -0.25) is 14.4 Å². The second-order valence-electron chi connectivity index (χ2n) is 13.3. The summed E-state index contributed by atoms with van der Waals surface area (Å²) < 4.78 is 0. The Morgan fingerprint density at radius 3 is 2.11 bits per heavy atom. The van der Waals surface area contributed by atoms with Gasteiger partial charge in [-0.15, -0.1) is 0 Å². The first-order valence-corrected chi connectivity index (χ1v) is 16.4. The second-order valence-corrected chi connectivity index (χ2v) is 13.3. The number of primary amides is 1. The zero-order chi connectivity index (χ0) is 32.5. The van der Waals surface area contributed by atoms with E-state index in [2.05, 4.69) is 56.6 Å². The number of nitrogens with two attached hydrogens (primary N) is 1.